The lowest BCUT2D eigenvalue weighted by Gasteiger charge is -2.32. The Hall–Kier alpha value is -2.21. The molecule has 2 heterocycles. The molecule has 1 aliphatic heterocycles. The van der Waals surface area contributed by atoms with E-state index in [1.807, 2.05) is 23.9 Å². The van der Waals surface area contributed by atoms with E-state index in [4.69, 9.17) is 0 Å². The first-order valence-corrected chi connectivity index (χ1v) is 8.82. The van der Waals surface area contributed by atoms with Gasteiger partial charge in [0.15, 0.2) is 0 Å². The summed E-state index contributed by atoms with van der Waals surface area (Å²) in [7, 11) is 1.95. The quantitative estimate of drug-likeness (QED) is 0.873. The number of nitrogens with zero attached hydrogens (tertiary/aromatic N) is 3. The summed E-state index contributed by atoms with van der Waals surface area (Å²) in [6, 6.07) is 6.68. The predicted octanol–water partition coefficient (Wildman–Crippen LogP) is 2.13. The Kier molecular flexibility index (Phi) is 5.81. The van der Waals surface area contributed by atoms with E-state index in [9.17, 15) is 9.18 Å². The minimum atomic E-state index is -0.210. The highest BCUT2D eigenvalue weighted by Gasteiger charge is 2.25. The lowest BCUT2D eigenvalue weighted by atomic mass is 9.96. The molecule has 0 aliphatic carbocycles. The third kappa shape index (κ3) is 4.89. The molecule has 3 rings (SSSR count). The van der Waals surface area contributed by atoms with Gasteiger partial charge in [0.1, 0.15) is 11.6 Å². The minimum absolute atomic E-state index is 0.00341. The lowest BCUT2D eigenvalue weighted by molar-refractivity contribution is -0.126. The first kappa shape index (κ1) is 17.6. The largest absolute Gasteiger partial charge is 0.355 e. The van der Waals surface area contributed by atoms with Crippen molar-refractivity contribution in [3.05, 3.63) is 53.9 Å². The van der Waals surface area contributed by atoms with Crippen LogP contribution in [0.5, 0.6) is 0 Å². The molecule has 1 aromatic carbocycles. The summed E-state index contributed by atoms with van der Waals surface area (Å²) in [4.78, 5) is 18.9. The highest BCUT2D eigenvalue weighted by atomic mass is 19.1. The Balaban J connectivity index is 1.47. The van der Waals surface area contributed by atoms with E-state index in [1.165, 1.54) is 6.07 Å². The van der Waals surface area contributed by atoms with Gasteiger partial charge in [0.2, 0.25) is 5.91 Å². The van der Waals surface area contributed by atoms with Crippen molar-refractivity contribution in [2.45, 2.75) is 25.8 Å². The molecule has 1 saturated heterocycles. The van der Waals surface area contributed by atoms with Gasteiger partial charge in [-0.2, -0.15) is 0 Å². The molecule has 1 N–H and O–H groups in total. The number of nitrogens with one attached hydrogen (secondary N) is 1. The average molecular weight is 344 g/mol. The van der Waals surface area contributed by atoms with Gasteiger partial charge in [0, 0.05) is 45.5 Å². The normalized spacial score (nSPS) is 18.2. The smallest absolute Gasteiger partial charge is 0.224 e. The number of carbonyl (C=O) groups excluding carboxylic acids is 1. The third-order valence-electron chi connectivity index (χ3n) is 4.74. The Morgan fingerprint density at radius 2 is 2.32 bits per heavy atom. The molecule has 2 aromatic rings. The molecule has 1 unspecified atom stereocenters. The van der Waals surface area contributed by atoms with E-state index in [-0.39, 0.29) is 17.6 Å². The van der Waals surface area contributed by atoms with Crippen molar-refractivity contribution in [2.75, 3.05) is 19.6 Å². The number of likely N-dealkylation sites (tertiary alicyclic amines) is 1. The number of halogens is 1. The second-order valence-electron chi connectivity index (χ2n) is 6.70. The summed E-state index contributed by atoms with van der Waals surface area (Å²) in [6.45, 7) is 2.97. The summed E-state index contributed by atoms with van der Waals surface area (Å²) in [6.07, 6.45) is 6.31. The Labute approximate surface area is 147 Å². The van der Waals surface area contributed by atoms with Crippen LogP contribution >= 0.6 is 0 Å². The van der Waals surface area contributed by atoms with Crippen molar-refractivity contribution < 1.29 is 9.18 Å². The molecule has 1 aliphatic rings. The number of rotatable bonds is 6. The van der Waals surface area contributed by atoms with Crippen LogP contribution in [0.3, 0.4) is 0 Å². The maximum absolute atomic E-state index is 13.3. The van der Waals surface area contributed by atoms with Gasteiger partial charge >= 0.3 is 0 Å². The second-order valence-corrected chi connectivity index (χ2v) is 6.70. The Morgan fingerprint density at radius 3 is 3.08 bits per heavy atom. The van der Waals surface area contributed by atoms with Crippen LogP contribution in [-0.4, -0.2) is 40.0 Å². The summed E-state index contributed by atoms with van der Waals surface area (Å²) >= 11 is 0. The first-order valence-electron chi connectivity index (χ1n) is 8.82. The number of hydrogen-bond donors (Lipinski definition) is 1. The van der Waals surface area contributed by atoms with Crippen molar-refractivity contribution in [1.82, 2.24) is 19.8 Å². The second kappa shape index (κ2) is 8.25. The van der Waals surface area contributed by atoms with E-state index in [0.717, 1.165) is 43.7 Å². The topological polar surface area (TPSA) is 50.2 Å². The fourth-order valence-corrected chi connectivity index (χ4v) is 3.39. The van der Waals surface area contributed by atoms with E-state index in [1.54, 1.807) is 18.3 Å². The van der Waals surface area contributed by atoms with Crippen LogP contribution in [0.15, 0.2) is 36.7 Å². The molecular formula is C19H25FN4O. The van der Waals surface area contributed by atoms with E-state index in [0.29, 0.717) is 13.1 Å². The van der Waals surface area contributed by atoms with Gasteiger partial charge in [-0.05, 0) is 37.1 Å². The number of amides is 1. The van der Waals surface area contributed by atoms with Crippen molar-refractivity contribution in [1.29, 1.82) is 0 Å². The summed E-state index contributed by atoms with van der Waals surface area (Å²) in [5.74, 6) is 0.872. The van der Waals surface area contributed by atoms with Crippen LogP contribution < -0.4 is 5.32 Å². The molecule has 6 heteroatoms. The van der Waals surface area contributed by atoms with Crippen molar-refractivity contribution in [2.24, 2.45) is 13.0 Å². The number of imidazole rings is 1. The molecule has 1 aromatic heterocycles. The molecule has 1 fully saturated rings. The fraction of sp³-hybridized carbons (Fsp3) is 0.474. The summed E-state index contributed by atoms with van der Waals surface area (Å²) in [5.41, 5.74) is 0.954. The van der Waals surface area contributed by atoms with Gasteiger partial charge in [0.05, 0.1) is 5.92 Å². The number of hydrogen-bond acceptors (Lipinski definition) is 3. The zero-order chi connectivity index (χ0) is 17.6. The van der Waals surface area contributed by atoms with Gasteiger partial charge in [-0.3, -0.25) is 9.69 Å². The van der Waals surface area contributed by atoms with Crippen LogP contribution in [-0.2, 0) is 24.8 Å². The highest BCUT2D eigenvalue weighted by molar-refractivity contribution is 5.78. The number of carbonyl (C=O) groups is 1. The highest BCUT2D eigenvalue weighted by Crippen LogP contribution is 2.19. The van der Waals surface area contributed by atoms with Crippen molar-refractivity contribution in [3.8, 4) is 0 Å². The van der Waals surface area contributed by atoms with Crippen LogP contribution in [0.4, 0.5) is 4.39 Å². The van der Waals surface area contributed by atoms with Gasteiger partial charge in [0.25, 0.3) is 0 Å². The van der Waals surface area contributed by atoms with E-state index < -0.39 is 0 Å². The van der Waals surface area contributed by atoms with E-state index >= 15 is 0 Å². The molecular weight excluding hydrogens is 319 g/mol. The zero-order valence-corrected chi connectivity index (χ0v) is 14.6. The fourth-order valence-electron chi connectivity index (χ4n) is 3.39. The lowest BCUT2D eigenvalue weighted by Crippen LogP contribution is -2.43. The molecule has 0 spiro atoms. The molecule has 1 amide bonds. The van der Waals surface area contributed by atoms with Gasteiger partial charge in [-0.1, -0.05) is 12.1 Å². The third-order valence-corrected chi connectivity index (χ3v) is 4.74. The van der Waals surface area contributed by atoms with Gasteiger partial charge in [-0.15, -0.1) is 0 Å². The Bertz CT molecular complexity index is 715. The zero-order valence-electron chi connectivity index (χ0n) is 14.6. The van der Waals surface area contributed by atoms with Gasteiger partial charge < -0.3 is 9.88 Å². The van der Waals surface area contributed by atoms with Crippen LogP contribution in [0.25, 0.3) is 0 Å². The molecule has 25 heavy (non-hydrogen) atoms. The predicted molar refractivity (Wildman–Crippen MR) is 94.3 cm³/mol. The SMILES string of the molecule is Cn1ccnc1CCNC(=O)C1CCCN(Cc2cccc(F)c2)C1. The van der Waals surface area contributed by atoms with E-state index in [2.05, 4.69) is 15.2 Å². The minimum Gasteiger partial charge on any atom is -0.355 e. The van der Waals surface area contributed by atoms with Crippen LogP contribution in [0.1, 0.15) is 24.2 Å². The standard InChI is InChI=1S/C19H25FN4O/c1-23-11-9-21-18(23)7-8-22-19(25)16-5-3-10-24(14-16)13-15-4-2-6-17(20)12-15/h2,4,6,9,11-12,16H,3,5,7-8,10,13-14H2,1H3,(H,22,25). The van der Waals surface area contributed by atoms with Crippen LogP contribution in [0, 0.1) is 11.7 Å². The number of benzene rings is 1. The molecule has 0 bridgehead atoms. The first-order chi connectivity index (χ1) is 12.1. The average Bonchev–Trinajstić information content (AvgIpc) is 3.00. The molecule has 134 valence electrons. The van der Waals surface area contributed by atoms with Gasteiger partial charge in [-0.25, -0.2) is 9.37 Å². The number of aromatic nitrogens is 2. The molecule has 0 radical (unpaired) electrons. The maximum atomic E-state index is 13.3. The summed E-state index contributed by atoms with van der Waals surface area (Å²) < 4.78 is 15.3. The Morgan fingerprint density at radius 1 is 1.44 bits per heavy atom. The monoisotopic (exact) mass is 344 g/mol. The maximum Gasteiger partial charge on any atom is 0.224 e. The van der Waals surface area contributed by atoms with Crippen molar-refractivity contribution in [3.63, 3.8) is 0 Å². The van der Waals surface area contributed by atoms with Crippen molar-refractivity contribution >= 4 is 5.91 Å². The summed E-state index contributed by atoms with van der Waals surface area (Å²) in [5, 5.41) is 3.03. The molecule has 0 saturated carbocycles. The number of piperidine rings is 1. The molecule has 5 nitrogen and oxygen atoms in total. The number of aryl methyl sites for hydroxylation is 1. The van der Waals surface area contributed by atoms with Crippen LogP contribution in [0.2, 0.25) is 0 Å². The molecule has 1 atom stereocenters.